The third-order valence-electron chi connectivity index (χ3n) is 4.19. The number of aliphatic carboxylic acids is 1. The lowest BCUT2D eigenvalue weighted by Gasteiger charge is -2.31. The predicted molar refractivity (Wildman–Crippen MR) is 82.4 cm³/mol. The van der Waals surface area contributed by atoms with E-state index in [0.717, 1.165) is 38.9 Å². The number of rotatable bonds is 8. The Bertz CT molecular complexity index is 324. The number of urea groups is 1. The quantitative estimate of drug-likeness (QED) is 0.668. The Morgan fingerprint density at radius 1 is 1.24 bits per heavy atom. The van der Waals surface area contributed by atoms with Crippen molar-refractivity contribution in [1.82, 2.24) is 15.1 Å². The van der Waals surface area contributed by atoms with Crippen LogP contribution >= 0.6 is 0 Å². The summed E-state index contributed by atoms with van der Waals surface area (Å²) in [7, 11) is 0. The predicted octanol–water partition coefficient (Wildman–Crippen LogP) is 1.61. The molecule has 0 aromatic rings. The molecule has 0 radical (unpaired) electrons. The molecule has 0 spiro atoms. The molecule has 1 rings (SSSR count). The van der Waals surface area contributed by atoms with Gasteiger partial charge >= 0.3 is 12.0 Å². The Morgan fingerprint density at radius 2 is 1.86 bits per heavy atom. The van der Waals surface area contributed by atoms with Crippen LogP contribution < -0.4 is 5.32 Å². The van der Waals surface area contributed by atoms with Crippen molar-refractivity contribution in [3.8, 4) is 0 Å². The summed E-state index contributed by atoms with van der Waals surface area (Å²) in [5, 5.41) is 11.7. The zero-order chi connectivity index (χ0) is 15.7. The summed E-state index contributed by atoms with van der Waals surface area (Å²) in [6.07, 6.45) is 2.76. The number of amides is 2. The second-order valence-corrected chi connectivity index (χ2v) is 5.64. The fourth-order valence-corrected chi connectivity index (χ4v) is 2.74. The molecule has 6 heteroatoms. The lowest BCUT2D eigenvalue weighted by atomic mass is 9.94. The summed E-state index contributed by atoms with van der Waals surface area (Å²) in [5.74, 6) is -0.525. The number of nitrogens with one attached hydrogen (secondary N) is 1. The molecule has 1 aliphatic rings. The van der Waals surface area contributed by atoms with Gasteiger partial charge in [-0.2, -0.15) is 0 Å². The van der Waals surface area contributed by atoms with E-state index >= 15 is 0 Å². The number of carbonyl (C=O) groups is 2. The maximum atomic E-state index is 12.0. The number of carboxylic acid groups (broad SMARTS) is 1. The van der Waals surface area contributed by atoms with E-state index in [2.05, 4.69) is 24.1 Å². The van der Waals surface area contributed by atoms with Crippen LogP contribution in [0.5, 0.6) is 0 Å². The van der Waals surface area contributed by atoms with E-state index in [-0.39, 0.29) is 18.4 Å². The number of likely N-dealkylation sites (tertiary alicyclic amines) is 1. The van der Waals surface area contributed by atoms with Crippen molar-refractivity contribution in [3.05, 3.63) is 0 Å². The van der Waals surface area contributed by atoms with Crippen molar-refractivity contribution in [2.45, 2.75) is 39.5 Å². The van der Waals surface area contributed by atoms with E-state index < -0.39 is 5.97 Å². The van der Waals surface area contributed by atoms with Gasteiger partial charge in [0.25, 0.3) is 0 Å². The molecule has 1 fully saturated rings. The molecule has 0 unspecified atom stereocenters. The minimum absolute atomic E-state index is 0.0108. The molecule has 0 aliphatic carbocycles. The van der Waals surface area contributed by atoms with Gasteiger partial charge in [-0.15, -0.1) is 0 Å². The highest BCUT2D eigenvalue weighted by atomic mass is 16.4. The standard InChI is InChI=1S/C15H29N3O3/c1-3-17(4-2)9-5-8-16-15(21)18-10-6-13(7-11-18)12-14(19)20/h13H,3-12H2,1-2H3,(H,16,21)(H,19,20). The van der Waals surface area contributed by atoms with Gasteiger partial charge in [-0.1, -0.05) is 13.8 Å². The Morgan fingerprint density at radius 3 is 2.38 bits per heavy atom. The van der Waals surface area contributed by atoms with Crippen LogP contribution in [0, 0.1) is 5.92 Å². The average Bonchev–Trinajstić information content (AvgIpc) is 2.47. The van der Waals surface area contributed by atoms with Gasteiger partial charge in [-0.05, 0) is 44.8 Å². The van der Waals surface area contributed by atoms with Crippen LogP contribution in [-0.2, 0) is 4.79 Å². The van der Waals surface area contributed by atoms with Crippen LogP contribution in [0.1, 0.15) is 39.5 Å². The SMILES string of the molecule is CCN(CC)CCCNC(=O)N1CCC(CC(=O)O)CC1. The molecule has 0 saturated carbocycles. The summed E-state index contributed by atoms with van der Waals surface area (Å²) < 4.78 is 0. The molecule has 2 N–H and O–H groups in total. The van der Waals surface area contributed by atoms with E-state index in [9.17, 15) is 9.59 Å². The Kier molecular flexibility index (Phi) is 8.12. The molecule has 0 aromatic heterocycles. The lowest BCUT2D eigenvalue weighted by molar-refractivity contribution is -0.138. The molecular weight excluding hydrogens is 270 g/mol. The number of carboxylic acids is 1. The van der Waals surface area contributed by atoms with Crippen molar-refractivity contribution in [1.29, 1.82) is 0 Å². The molecule has 1 saturated heterocycles. The van der Waals surface area contributed by atoms with Gasteiger partial charge in [0, 0.05) is 26.1 Å². The van der Waals surface area contributed by atoms with Crippen molar-refractivity contribution in [3.63, 3.8) is 0 Å². The summed E-state index contributed by atoms with van der Waals surface area (Å²) in [4.78, 5) is 26.8. The fraction of sp³-hybridized carbons (Fsp3) is 0.867. The Labute approximate surface area is 127 Å². The molecule has 2 amide bonds. The van der Waals surface area contributed by atoms with Crippen LogP contribution in [0.25, 0.3) is 0 Å². The molecule has 0 aromatic carbocycles. The zero-order valence-corrected chi connectivity index (χ0v) is 13.3. The minimum Gasteiger partial charge on any atom is -0.481 e. The number of hydrogen-bond acceptors (Lipinski definition) is 3. The fourth-order valence-electron chi connectivity index (χ4n) is 2.74. The maximum Gasteiger partial charge on any atom is 0.317 e. The van der Waals surface area contributed by atoms with E-state index in [1.54, 1.807) is 4.90 Å². The molecule has 1 aliphatic heterocycles. The van der Waals surface area contributed by atoms with Gasteiger partial charge in [0.05, 0.1) is 0 Å². The highest BCUT2D eigenvalue weighted by Gasteiger charge is 2.23. The lowest BCUT2D eigenvalue weighted by Crippen LogP contribution is -2.45. The molecule has 0 atom stereocenters. The van der Waals surface area contributed by atoms with Gasteiger partial charge in [0.15, 0.2) is 0 Å². The first-order valence-corrected chi connectivity index (χ1v) is 8.03. The normalized spacial score (nSPS) is 16.2. The first-order chi connectivity index (χ1) is 10.1. The van der Waals surface area contributed by atoms with Crippen LogP contribution in [0.3, 0.4) is 0 Å². The van der Waals surface area contributed by atoms with Crippen LogP contribution in [-0.4, -0.2) is 66.2 Å². The molecular formula is C15H29N3O3. The number of hydrogen-bond donors (Lipinski definition) is 2. The second kappa shape index (κ2) is 9.60. The van der Waals surface area contributed by atoms with E-state index in [1.807, 2.05) is 0 Å². The van der Waals surface area contributed by atoms with Crippen molar-refractivity contribution in [2.75, 3.05) is 39.3 Å². The molecule has 21 heavy (non-hydrogen) atoms. The summed E-state index contributed by atoms with van der Waals surface area (Å²) in [6, 6.07) is -0.0108. The molecule has 122 valence electrons. The largest absolute Gasteiger partial charge is 0.481 e. The molecule has 6 nitrogen and oxygen atoms in total. The van der Waals surface area contributed by atoms with E-state index in [0.29, 0.717) is 19.6 Å². The van der Waals surface area contributed by atoms with Gasteiger partial charge in [0.2, 0.25) is 0 Å². The monoisotopic (exact) mass is 299 g/mol. The summed E-state index contributed by atoms with van der Waals surface area (Å²) in [5.41, 5.74) is 0. The Hall–Kier alpha value is -1.30. The van der Waals surface area contributed by atoms with Crippen LogP contribution in [0.2, 0.25) is 0 Å². The number of piperidine rings is 1. The minimum atomic E-state index is -0.741. The van der Waals surface area contributed by atoms with Crippen molar-refractivity contribution in [2.24, 2.45) is 5.92 Å². The summed E-state index contributed by atoms with van der Waals surface area (Å²) >= 11 is 0. The van der Waals surface area contributed by atoms with Gasteiger partial charge in [-0.3, -0.25) is 4.79 Å². The third-order valence-corrected chi connectivity index (χ3v) is 4.19. The van der Waals surface area contributed by atoms with Gasteiger partial charge in [0.1, 0.15) is 0 Å². The first-order valence-electron chi connectivity index (χ1n) is 8.03. The van der Waals surface area contributed by atoms with E-state index in [1.165, 1.54) is 0 Å². The Balaban J connectivity index is 2.15. The second-order valence-electron chi connectivity index (χ2n) is 5.64. The topological polar surface area (TPSA) is 72.9 Å². The zero-order valence-electron chi connectivity index (χ0n) is 13.3. The smallest absolute Gasteiger partial charge is 0.317 e. The number of carbonyl (C=O) groups excluding carboxylic acids is 1. The number of nitrogens with zero attached hydrogens (tertiary/aromatic N) is 2. The maximum absolute atomic E-state index is 12.0. The van der Waals surface area contributed by atoms with E-state index in [4.69, 9.17) is 5.11 Å². The third kappa shape index (κ3) is 6.80. The molecule has 1 heterocycles. The van der Waals surface area contributed by atoms with Gasteiger partial charge < -0.3 is 20.2 Å². The van der Waals surface area contributed by atoms with Crippen molar-refractivity contribution < 1.29 is 14.7 Å². The van der Waals surface area contributed by atoms with Gasteiger partial charge in [-0.25, -0.2) is 4.79 Å². The highest BCUT2D eigenvalue weighted by molar-refractivity contribution is 5.74. The summed E-state index contributed by atoms with van der Waals surface area (Å²) in [6.45, 7) is 9.41. The average molecular weight is 299 g/mol. The highest BCUT2D eigenvalue weighted by Crippen LogP contribution is 2.20. The van der Waals surface area contributed by atoms with Crippen LogP contribution in [0.4, 0.5) is 4.79 Å². The van der Waals surface area contributed by atoms with Crippen molar-refractivity contribution >= 4 is 12.0 Å². The molecule has 0 bridgehead atoms. The first kappa shape index (κ1) is 17.8. The van der Waals surface area contributed by atoms with Crippen LogP contribution in [0.15, 0.2) is 0 Å².